The van der Waals surface area contributed by atoms with Crippen LogP contribution in [0.3, 0.4) is 0 Å². The summed E-state index contributed by atoms with van der Waals surface area (Å²) >= 11 is 0. The molecule has 2 saturated carbocycles. The van der Waals surface area contributed by atoms with Crippen LogP contribution in [0, 0.1) is 5.82 Å². The zero-order valence-electron chi connectivity index (χ0n) is 25.2. The number of benzene rings is 1. The van der Waals surface area contributed by atoms with E-state index in [0.717, 1.165) is 97.8 Å². The molecule has 0 radical (unpaired) electrons. The van der Waals surface area contributed by atoms with Crippen LogP contribution in [-0.2, 0) is 17.8 Å². The second-order valence-corrected chi connectivity index (χ2v) is 12.7. The number of rotatable bonds is 8. The summed E-state index contributed by atoms with van der Waals surface area (Å²) in [6.45, 7) is 8.11. The number of aryl methyl sites for hydroxylation is 1. The van der Waals surface area contributed by atoms with E-state index in [4.69, 9.17) is 9.72 Å². The largest absolute Gasteiger partial charge is 0.376 e. The Labute approximate surface area is 255 Å². The highest BCUT2D eigenvalue weighted by Gasteiger charge is 2.30. The highest BCUT2D eigenvalue weighted by molar-refractivity contribution is 5.85. The van der Waals surface area contributed by atoms with Crippen LogP contribution in [0.25, 0.3) is 39.2 Å². The first-order valence-electron chi connectivity index (χ1n) is 15.9. The lowest BCUT2D eigenvalue weighted by molar-refractivity contribution is -0.0215. The highest BCUT2D eigenvalue weighted by Crippen LogP contribution is 2.44. The maximum atomic E-state index is 14.6. The Hall–Kier alpha value is -4.08. The predicted molar refractivity (Wildman–Crippen MR) is 169 cm³/mol. The van der Waals surface area contributed by atoms with E-state index in [1.165, 1.54) is 11.6 Å². The fourth-order valence-corrected chi connectivity index (χ4v) is 6.71. The fraction of sp³-hybridized carbons (Fsp3) is 0.400. The lowest BCUT2D eigenvalue weighted by atomic mass is 9.98. The molecule has 5 heterocycles. The third kappa shape index (κ3) is 5.08. The smallest absolute Gasteiger partial charge is 0.280 e. The first kappa shape index (κ1) is 27.5. The van der Waals surface area contributed by atoms with Crippen molar-refractivity contribution < 1.29 is 9.13 Å². The molecule has 226 valence electrons. The summed E-state index contributed by atoms with van der Waals surface area (Å²) in [6.07, 6.45) is 10.3. The zero-order chi connectivity index (χ0) is 29.9. The van der Waals surface area contributed by atoms with Gasteiger partial charge in [0.2, 0.25) is 0 Å². The molecule has 0 amide bonds. The number of ether oxygens (including phenoxy) is 1. The van der Waals surface area contributed by atoms with Gasteiger partial charge in [0.25, 0.3) is 5.56 Å². The van der Waals surface area contributed by atoms with Crippen molar-refractivity contribution in [1.82, 2.24) is 29.0 Å². The molecule has 0 unspecified atom stereocenters. The van der Waals surface area contributed by atoms with Gasteiger partial charge >= 0.3 is 0 Å². The maximum absolute atomic E-state index is 14.6. The Balaban J connectivity index is 1.26. The van der Waals surface area contributed by atoms with Gasteiger partial charge in [-0.1, -0.05) is 6.07 Å². The molecule has 8 nitrogen and oxygen atoms in total. The minimum Gasteiger partial charge on any atom is -0.376 e. The predicted octanol–water partition coefficient (Wildman–Crippen LogP) is 6.38. The Kier molecular flexibility index (Phi) is 6.75. The van der Waals surface area contributed by atoms with Gasteiger partial charge in [-0.25, -0.2) is 14.4 Å². The summed E-state index contributed by atoms with van der Waals surface area (Å²) < 4.78 is 24.1. The van der Waals surface area contributed by atoms with E-state index < -0.39 is 0 Å². The Bertz CT molecular complexity index is 1930. The van der Waals surface area contributed by atoms with E-state index in [9.17, 15) is 9.18 Å². The average Bonchev–Trinajstić information content (AvgIpc) is 3.95. The fourth-order valence-electron chi connectivity index (χ4n) is 6.71. The molecule has 1 aliphatic heterocycles. The molecule has 1 saturated heterocycles. The van der Waals surface area contributed by atoms with Gasteiger partial charge in [0.15, 0.2) is 0 Å². The lowest BCUT2D eigenvalue weighted by Gasteiger charge is -2.30. The van der Waals surface area contributed by atoms with Crippen molar-refractivity contribution in [1.29, 1.82) is 0 Å². The molecule has 9 heteroatoms. The van der Waals surface area contributed by atoms with Crippen molar-refractivity contribution in [2.75, 3.05) is 19.7 Å². The van der Waals surface area contributed by atoms with Crippen LogP contribution in [0.1, 0.15) is 68.3 Å². The number of hydrogen-bond donors (Lipinski definition) is 1. The maximum Gasteiger partial charge on any atom is 0.280 e. The van der Waals surface area contributed by atoms with Crippen molar-refractivity contribution in [2.45, 2.75) is 70.6 Å². The number of nitrogens with one attached hydrogen (secondary N) is 1. The van der Waals surface area contributed by atoms with E-state index in [1.807, 2.05) is 36.0 Å². The molecule has 5 aromatic rings. The van der Waals surface area contributed by atoms with E-state index >= 15 is 0 Å². The molecule has 3 fully saturated rings. The van der Waals surface area contributed by atoms with Crippen LogP contribution in [-0.4, -0.2) is 54.8 Å². The third-order valence-electron chi connectivity index (χ3n) is 9.29. The number of fused-ring (bicyclic) bond motifs is 1. The summed E-state index contributed by atoms with van der Waals surface area (Å²) in [5.41, 5.74) is 6.27. The second-order valence-electron chi connectivity index (χ2n) is 12.7. The summed E-state index contributed by atoms with van der Waals surface area (Å²) in [5, 5.41) is 1.02. The number of halogens is 1. The summed E-state index contributed by atoms with van der Waals surface area (Å²) in [6, 6.07) is 11.1. The minimum absolute atomic E-state index is 0.0988. The first-order chi connectivity index (χ1) is 21.4. The number of aromatic amines is 1. The van der Waals surface area contributed by atoms with Crippen molar-refractivity contribution >= 4 is 10.9 Å². The molecule has 1 aromatic carbocycles. The Morgan fingerprint density at radius 3 is 2.68 bits per heavy atom. The quantitative estimate of drug-likeness (QED) is 0.226. The number of imidazole rings is 1. The Morgan fingerprint density at radius 2 is 1.91 bits per heavy atom. The van der Waals surface area contributed by atoms with Crippen LogP contribution in [0.4, 0.5) is 4.39 Å². The molecule has 44 heavy (non-hydrogen) atoms. The SMILES string of the molecule is CCn1ccnc1-c1cc(F)ccc1-c1cc(C2CC2)nc(-n2cc(C3CC3)c3cc(CN4CCO[C@H](C)C4)[nH]c3c2=O)c1. The second kappa shape index (κ2) is 10.8. The Morgan fingerprint density at radius 1 is 1.07 bits per heavy atom. The van der Waals surface area contributed by atoms with E-state index in [1.54, 1.807) is 16.8 Å². The summed E-state index contributed by atoms with van der Waals surface area (Å²) in [7, 11) is 0. The van der Waals surface area contributed by atoms with Gasteiger partial charge in [0.05, 0.1) is 12.7 Å². The van der Waals surface area contributed by atoms with Crippen LogP contribution < -0.4 is 5.56 Å². The number of hydrogen-bond acceptors (Lipinski definition) is 5. The molecule has 8 rings (SSSR count). The highest BCUT2D eigenvalue weighted by atomic mass is 19.1. The van der Waals surface area contributed by atoms with Crippen LogP contribution >= 0.6 is 0 Å². The van der Waals surface area contributed by atoms with Gasteiger partial charge in [-0.3, -0.25) is 14.3 Å². The molecule has 2 aliphatic carbocycles. The minimum atomic E-state index is -0.309. The van der Waals surface area contributed by atoms with E-state index in [-0.39, 0.29) is 17.5 Å². The van der Waals surface area contributed by atoms with Crippen LogP contribution in [0.2, 0.25) is 0 Å². The standard InChI is InChI=1S/C35H37FN6O2/c1-3-41-11-10-37-34(41)29-16-25(36)8-9-27(29)24-14-31(23-6-7-23)39-32(15-24)42-20-30(22-4-5-22)28-17-26(38-33(28)35(42)43)19-40-12-13-44-21(2)18-40/h8-11,14-17,20-23,38H,3-7,12-13,18-19H2,1-2H3/t21-/m1/s1. The van der Waals surface area contributed by atoms with Crippen LogP contribution in [0.15, 0.2) is 59.8 Å². The lowest BCUT2D eigenvalue weighted by Crippen LogP contribution is -2.40. The van der Waals surface area contributed by atoms with Gasteiger partial charge in [-0.15, -0.1) is 0 Å². The summed E-state index contributed by atoms with van der Waals surface area (Å²) in [4.78, 5) is 29.7. The number of morpholine rings is 1. The van der Waals surface area contributed by atoms with Crippen molar-refractivity contribution in [2.24, 2.45) is 0 Å². The van der Waals surface area contributed by atoms with Gasteiger partial charge in [-0.2, -0.15) is 0 Å². The first-order valence-corrected chi connectivity index (χ1v) is 15.9. The van der Waals surface area contributed by atoms with Crippen molar-refractivity contribution in [3.63, 3.8) is 0 Å². The number of nitrogens with zero attached hydrogens (tertiary/aromatic N) is 5. The molecular formula is C35H37FN6O2. The molecule has 1 N–H and O–H groups in total. The van der Waals surface area contributed by atoms with E-state index in [2.05, 4.69) is 33.9 Å². The molecule has 0 spiro atoms. The summed E-state index contributed by atoms with van der Waals surface area (Å²) in [5.74, 6) is 1.82. The molecular weight excluding hydrogens is 555 g/mol. The van der Waals surface area contributed by atoms with Gasteiger partial charge in [0, 0.05) is 73.0 Å². The van der Waals surface area contributed by atoms with Crippen molar-refractivity contribution in [3.05, 3.63) is 88.1 Å². The van der Waals surface area contributed by atoms with Crippen LogP contribution in [0.5, 0.6) is 0 Å². The topological polar surface area (TPSA) is 81.0 Å². The van der Waals surface area contributed by atoms with Gasteiger partial charge in [-0.05, 0) is 92.5 Å². The normalized spacial score (nSPS) is 19.2. The number of H-pyrrole nitrogens is 1. The molecule has 4 aromatic heterocycles. The van der Waals surface area contributed by atoms with Crippen molar-refractivity contribution in [3.8, 4) is 28.3 Å². The monoisotopic (exact) mass is 592 g/mol. The molecule has 0 bridgehead atoms. The zero-order valence-corrected chi connectivity index (χ0v) is 25.2. The molecule has 3 aliphatic rings. The third-order valence-corrected chi connectivity index (χ3v) is 9.29. The van der Waals surface area contributed by atoms with E-state index in [0.29, 0.717) is 23.2 Å². The average molecular weight is 593 g/mol. The van der Waals surface area contributed by atoms with Gasteiger partial charge in [0.1, 0.15) is 23.0 Å². The van der Waals surface area contributed by atoms with Gasteiger partial charge < -0.3 is 14.3 Å². The molecule has 1 atom stereocenters. The number of aromatic nitrogens is 5. The number of pyridine rings is 2.